The van der Waals surface area contributed by atoms with Crippen molar-refractivity contribution in [3.05, 3.63) is 34.8 Å². The Labute approximate surface area is 73.1 Å². The fraction of sp³-hybridized carbons (Fsp3) is 0.125. The number of rotatable bonds is 1. The summed E-state index contributed by atoms with van der Waals surface area (Å²) < 4.78 is 13.6. The van der Waals surface area contributed by atoms with Gasteiger partial charge in [0, 0.05) is 16.2 Å². The quantitative estimate of drug-likeness (QED) is 0.703. The molecule has 0 atom stereocenters. The molecule has 1 nitrogen and oxygen atoms in total. The van der Waals surface area contributed by atoms with Crippen LogP contribution in [0, 0.1) is 5.82 Å². The molecule has 0 fully saturated rings. The van der Waals surface area contributed by atoms with Crippen LogP contribution >= 0.6 is 15.9 Å². The first-order valence-corrected chi connectivity index (χ1v) is 3.87. The molecule has 58 valence electrons. The van der Waals surface area contributed by atoms with E-state index in [0.717, 1.165) is 0 Å². The van der Waals surface area contributed by atoms with E-state index >= 15 is 0 Å². The third-order valence-electron chi connectivity index (χ3n) is 1.28. The predicted octanol–water partition coefficient (Wildman–Crippen LogP) is 3.02. The molecule has 0 aliphatic rings. The van der Waals surface area contributed by atoms with E-state index in [1.165, 1.54) is 6.20 Å². The number of pyridine rings is 1. The van der Waals surface area contributed by atoms with Crippen LogP contribution in [0.15, 0.2) is 23.4 Å². The SMILES string of the molecule is C=C(C)c1c(F)cncc1Br. The average molecular weight is 216 g/mol. The van der Waals surface area contributed by atoms with E-state index in [1.54, 1.807) is 13.1 Å². The fourth-order valence-corrected chi connectivity index (χ4v) is 1.47. The highest BCUT2D eigenvalue weighted by Crippen LogP contribution is 2.24. The van der Waals surface area contributed by atoms with Crippen LogP contribution in [0.4, 0.5) is 4.39 Å². The van der Waals surface area contributed by atoms with Gasteiger partial charge in [0.1, 0.15) is 5.82 Å². The number of halogens is 2. The van der Waals surface area contributed by atoms with Crippen LogP contribution in [0.1, 0.15) is 12.5 Å². The van der Waals surface area contributed by atoms with Crippen molar-refractivity contribution in [3.63, 3.8) is 0 Å². The van der Waals surface area contributed by atoms with E-state index in [1.807, 2.05) is 0 Å². The molecule has 0 unspecified atom stereocenters. The van der Waals surface area contributed by atoms with E-state index in [-0.39, 0.29) is 5.82 Å². The van der Waals surface area contributed by atoms with E-state index in [9.17, 15) is 4.39 Å². The first-order valence-electron chi connectivity index (χ1n) is 3.08. The molecular formula is C8H7BrFN. The second kappa shape index (κ2) is 3.13. The van der Waals surface area contributed by atoms with Gasteiger partial charge in [0.05, 0.1) is 6.20 Å². The fourth-order valence-electron chi connectivity index (χ4n) is 0.819. The van der Waals surface area contributed by atoms with Gasteiger partial charge < -0.3 is 0 Å². The highest BCUT2D eigenvalue weighted by Gasteiger charge is 2.06. The van der Waals surface area contributed by atoms with Crippen molar-refractivity contribution >= 4 is 21.5 Å². The lowest BCUT2D eigenvalue weighted by atomic mass is 10.1. The molecule has 0 radical (unpaired) electrons. The average Bonchev–Trinajstić information content (AvgIpc) is 1.85. The maximum absolute atomic E-state index is 12.9. The predicted molar refractivity (Wildman–Crippen MR) is 46.6 cm³/mol. The van der Waals surface area contributed by atoms with Crippen LogP contribution in [0.2, 0.25) is 0 Å². The van der Waals surface area contributed by atoms with Crippen molar-refractivity contribution in [2.75, 3.05) is 0 Å². The Bertz CT molecular complexity index is 276. The first kappa shape index (κ1) is 8.40. The molecule has 1 aromatic heterocycles. The van der Waals surface area contributed by atoms with Gasteiger partial charge in [-0.2, -0.15) is 0 Å². The topological polar surface area (TPSA) is 12.9 Å². The van der Waals surface area contributed by atoms with Crippen LogP contribution in [0.25, 0.3) is 5.57 Å². The highest BCUT2D eigenvalue weighted by molar-refractivity contribution is 9.10. The van der Waals surface area contributed by atoms with Gasteiger partial charge in [0.15, 0.2) is 0 Å². The minimum atomic E-state index is -0.341. The number of nitrogens with zero attached hydrogens (tertiary/aromatic N) is 1. The van der Waals surface area contributed by atoms with Gasteiger partial charge in [-0.15, -0.1) is 0 Å². The number of aromatic nitrogens is 1. The summed E-state index contributed by atoms with van der Waals surface area (Å²) in [7, 11) is 0. The largest absolute Gasteiger partial charge is 0.260 e. The normalized spacial score (nSPS) is 9.73. The molecule has 0 saturated heterocycles. The maximum Gasteiger partial charge on any atom is 0.150 e. The molecule has 1 aromatic rings. The van der Waals surface area contributed by atoms with Gasteiger partial charge in [0.25, 0.3) is 0 Å². The lowest BCUT2D eigenvalue weighted by Gasteiger charge is -2.02. The zero-order valence-electron chi connectivity index (χ0n) is 6.06. The molecule has 1 rings (SSSR count). The van der Waals surface area contributed by atoms with Crippen molar-refractivity contribution in [2.24, 2.45) is 0 Å². The summed E-state index contributed by atoms with van der Waals surface area (Å²) in [4.78, 5) is 3.66. The summed E-state index contributed by atoms with van der Waals surface area (Å²) in [5.74, 6) is -0.341. The Balaban J connectivity index is 3.32. The molecule has 0 N–H and O–H groups in total. The number of hydrogen-bond acceptors (Lipinski definition) is 1. The Hall–Kier alpha value is -0.700. The molecule has 1 heterocycles. The van der Waals surface area contributed by atoms with E-state index in [2.05, 4.69) is 27.5 Å². The second-order valence-electron chi connectivity index (χ2n) is 2.26. The Morgan fingerprint density at radius 2 is 2.27 bits per heavy atom. The zero-order valence-corrected chi connectivity index (χ0v) is 7.65. The summed E-state index contributed by atoms with van der Waals surface area (Å²) >= 11 is 3.18. The van der Waals surface area contributed by atoms with Crippen molar-refractivity contribution in [2.45, 2.75) is 6.92 Å². The third-order valence-corrected chi connectivity index (χ3v) is 1.88. The lowest BCUT2D eigenvalue weighted by molar-refractivity contribution is 0.616. The van der Waals surface area contributed by atoms with Crippen molar-refractivity contribution in [1.82, 2.24) is 4.98 Å². The minimum absolute atomic E-state index is 0.341. The minimum Gasteiger partial charge on any atom is -0.260 e. The van der Waals surface area contributed by atoms with Gasteiger partial charge in [-0.1, -0.05) is 6.58 Å². The number of allylic oxidation sites excluding steroid dienone is 1. The highest BCUT2D eigenvalue weighted by atomic mass is 79.9. The summed E-state index contributed by atoms with van der Waals surface area (Å²) in [6, 6.07) is 0. The van der Waals surface area contributed by atoms with Gasteiger partial charge in [-0.25, -0.2) is 4.39 Å². The van der Waals surface area contributed by atoms with Crippen LogP contribution < -0.4 is 0 Å². The van der Waals surface area contributed by atoms with E-state index in [0.29, 0.717) is 15.6 Å². The first-order chi connectivity index (χ1) is 5.13. The Kier molecular flexibility index (Phi) is 2.39. The third kappa shape index (κ3) is 1.66. The van der Waals surface area contributed by atoms with Gasteiger partial charge in [-0.05, 0) is 28.4 Å². The molecular weight excluding hydrogens is 209 g/mol. The standard InChI is InChI=1S/C8H7BrFN/c1-5(2)8-6(9)3-11-4-7(8)10/h3-4H,1H2,2H3. The van der Waals surface area contributed by atoms with Gasteiger partial charge >= 0.3 is 0 Å². The maximum atomic E-state index is 12.9. The molecule has 0 spiro atoms. The summed E-state index contributed by atoms with van der Waals surface area (Å²) in [5.41, 5.74) is 1.19. The summed E-state index contributed by atoms with van der Waals surface area (Å²) in [5, 5.41) is 0. The molecule has 0 amide bonds. The smallest absolute Gasteiger partial charge is 0.150 e. The number of hydrogen-bond donors (Lipinski definition) is 0. The van der Waals surface area contributed by atoms with Crippen molar-refractivity contribution in [1.29, 1.82) is 0 Å². The van der Waals surface area contributed by atoms with Crippen LogP contribution in [0.5, 0.6) is 0 Å². The monoisotopic (exact) mass is 215 g/mol. The molecule has 0 aliphatic heterocycles. The van der Waals surface area contributed by atoms with Crippen LogP contribution in [-0.4, -0.2) is 4.98 Å². The Morgan fingerprint density at radius 1 is 1.64 bits per heavy atom. The van der Waals surface area contributed by atoms with Gasteiger partial charge in [0.2, 0.25) is 0 Å². The van der Waals surface area contributed by atoms with Gasteiger partial charge in [-0.3, -0.25) is 4.98 Å². The molecule has 0 bridgehead atoms. The molecule has 3 heteroatoms. The molecule has 0 aliphatic carbocycles. The van der Waals surface area contributed by atoms with Crippen LogP contribution in [-0.2, 0) is 0 Å². The molecule has 11 heavy (non-hydrogen) atoms. The van der Waals surface area contributed by atoms with Crippen molar-refractivity contribution in [3.8, 4) is 0 Å². The van der Waals surface area contributed by atoms with E-state index in [4.69, 9.17) is 0 Å². The second-order valence-corrected chi connectivity index (χ2v) is 3.11. The lowest BCUT2D eigenvalue weighted by Crippen LogP contribution is -1.89. The summed E-state index contributed by atoms with van der Waals surface area (Å²) in [6.07, 6.45) is 2.72. The molecule has 0 saturated carbocycles. The van der Waals surface area contributed by atoms with Crippen molar-refractivity contribution < 1.29 is 4.39 Å². The van der Waals surface area contributed by atoms with E-state index < -0.39 is 0 Å². The Morgan fingerprint density at radius 3 is 2.64 bits per heavy atom. The molecule has 0 aromatic carbocycles. The zero-order chi connectivity index (χ0) is 8.43. The summed E-state index contributed by atoms with van der Waals surface area (Å²) in [6.45, 7) is 5.40. The van der Waals surface area contributed by atoms with Crippen LogP contribution in [0.3, 0.4) is 0 Å².